The lowest BCUT2D eigenvalue weighted by atomic mass is 9.95. The summed E-state index contributed by atoms with van der Waals surface area (Å²) < 4.78 is 69.3. The third kappa shape index (κ3) is 8.08. The molecule has 7 nitrogen and oxygen atoms in total. The molecular weight excluding hydrogens is 603 g/mol. The Hall–Kier alpha value is -3.57. The highest BCUT2D eigenvalue weighted by molar-refractivity contribution is 7.92. The zero-order valence-electron chi connectivity index (χ0n) is 23.6. The Labute approximate surface area is 254 Å². The number of hydrogen-bond acceptors (Lipinski definition) is 4. The van der Waals surface area contributed by atoms with Gasteiger partial charge in [-0.25, -0.2) is 8.42 Å². The number of anilines is 1. The van der Waals surface area contributed by atoms with Crippen LogP contribution in [0.4, 0.5) is 18.9 Å². The summed E-state index contributed by atoms with van der Waals surface area (Å²) in [7, 11) is -4.58. The highest BCUT2D eigenvalue weighted by atomic mass is 35.5. The standard InChI is InChI=1S/C31H33ClF3N3O4S/c1-22(30(40)36-25-13-7-3-8-14-25)37(20-23-11-5-2-6-12-23)29(39)21-38(43(41,42)26-15-9-4-10-16-26)28-19-24(31(33,34)35)17-18-27(28)32/h2,4-6,9-12,15-19,22,25H,3,7-8,13-14,20-21H2,1H3,(H,36,40)/t22-/m1/s1. The molecule has 1 N–H and O–H groups in total. The highest BCUT2D eigenvalue weighted by Crippen LogP contribution is 2.37. The van der Waals surface area contributed by atoms with Gasteiger partial charge in [0.15, 0.2) is 0 Å². The minimum atomic E-state index is -4.80. The number of carbonyl (C=O) groups excluding carboxylic acids is 2. The van der Waals surface area contributed by atoms with Crippen molar-refractivity contribution < 1.29 is 31.2 Å². The first-order valence-electron chi connectivity index (χ1n) is 14.0. The molecule has 0 saturated heterocycles. The van der Waals surface area contributed by atoms with E-state index in [2.05, 4.69) is 5.32 Å². The van der Waals surface area contributed by atoms with E-state index in [1.807, 2.05) is 0 Å². The molecule has 1 atom stereocenters. The maximum atomic E-state index is 14.0. The van der Waals surface area contributed by atoms with Gasteiger partial charge < -0.3 is 10.2 Å². The highest BCUT2D eigenvalue weighted by Gasteiger charge is 2.36. The van der Waals surface area contributed by atoms with Crippen molar-refractivity contribution in [1.29, 1.82) is 0 Å². The topological polar surface area (TPSA) is 86.8 Å². The van der Waals surface area contributed by atoms with Gasteiger partial charge >= 0.3 is 6.18 Å². The summed E-state index contributed by atoms with van der Waals surface area (Å²) in [5, 5.41) is 2.71. The summed E-state index contributed by atoms with van der Waals surface area (Å²) in [6.45, 7) is 0.618. The monoisotopic (exact) mass is 635 g/mol. The molecule has 0 unspecified atom stereocenters. The van der Waals surface area contributed by atoms with Crippen molar-refractivity contribution in [1.82, 2.24) is 10.2 Å². The van der Waals surface area contributed by atoms with Gasteiger partial charge in [-0.05, 0) is 55.7 Å². The molecule has 1 fully saturated rings. The SMILES string of the molecule is C[C@H](C(=O)NC1CCCCC1)N(Cc1ccccc1)C(=O)CN(c1cc(C(F)(F)F)ccc1Cl)S(=O)(=O)c1ccccc1. The first kappa shape index (κ1) is 32.3. The summed E-state index contributed by atoms with van der Waals surface area (Å²) in [4.78, 5) is 28.4. The van der Waals surface area contributed by atoms with E-state index in [1.165, 1.54) is 29.2 Å². The van der Waals surface area contributed by atoms with E-state index >= 15 is 0 Å². The summed E-state index contributed by atoms with van der Waals surface area (Å²) in [6, 6.07) is 17.1. The summed E-state index contributed by atoms with van der Waals surface area (Å²) in [5.41, 5.74) is -0.954. The van der Waals surface area contributed by atoms with E-state index in [-0.39, 0.29) is 22.5 Å². The lowest BCUT2D eigenvalue weighted by Crippen LogP contribution is -2.53. The molecule has 0 bridgehead atoms. The van der Waals surface area contributed by atoms with Crippen LogP contribution >= 0.6 is 11.6 Å². The van der Waals surface area contributed by atoms with Gasteiger partial charge in [-0.3, -0.25) is 13.9 Å². The molecule has 0 radical (unpaired) electrons. The van der Waals surface area contributed by atoms with Gasteiger partial charge in [0.25, 0.3) is 10.0 Å². The van der Waals surface area contributed by atoms with Gasteiger partial charge in [0.05, 0.1) is 21.2 Å². The predicted molar refractivity (Wildman–Crippen MR) is 159 cm³/mol. The number of rotatable bonds is 10. The van der Waals surface area contributed by atoms with Crippen LogP contribution < -0.4 is 9.62 Å². The van der Waals surface area contributed by atoms with Crippen molar-refractivity contribution in [3.63, 3.8) is 0 Å². The van der Waals surface area contributed by atoms with Crippen LogP contribution in [0.3, 0.4) is 0 Å². The van der Waals surface area contributed by atoms with Crippen LogP contribution in [0.15, 0.2) is 83.8 Å². The van der Waals surface area contributed by atoms with Gasteiger partial charge in [0.1, 0.15) is 12.6 Å². The van der Waals surface area contributed by atoms with E-state index in [0.29, 0.717) is 15.9 Å². The molecule has 1 aliphatic carbocycles. The second kappa shape index (κ2) is 13.8. The van der Waals surface area contributed by atoms with E-state index < -0.39 is 51.9 Å². The van der Waals surface area contributed by atoms with Gasteiger partial charge in [0.2, 0.25) is 11.8 Å². The van der Waals surface area contributed by atoms with Crippen LogP contribution in [0.25, 0.3) is 0 Å². The molecular formula is C31H33ClF3N3O4S. The molecule has 2 amide bonds. The Balaban J connectivity index is 1.73. The third-order valence-corrected chi connectivity index (χ3v) is 9.56. The largest absolute Gasteiger partial charge is 0.416 e. The van der Waals surface area contributed by atoms with Crippen LogP contribution in [-0.4, -0.2) is 43.8 Å². The maximum absolute atomic E-state index is 14.0. The zero-order valence-corrected chi connectivity index (χ0v) is 25.1. The van der Waals surface area contributed by atoms with E-state index in [9.17, 15) is 31.2 Å². The average molecular weight is 636 g/mol. The van der Waals surface area contributed by atoms with Gasteiger partial charge in [-0.2, -0.15) is 13.2 Å². The fourth-order valence-electron chi connectivity index (χ4n) is 5.04. The summed E-state index contributed by atoms with van der Waals surface area (Å²) in [5.74, 6) is -1.19. The number of halogens is 4. The second-order valence-corrected chi connectivity index (χ2v) is 12.8. The van der Waals surface area contributed by atoms with Crippen LogP contribution in [0.2, 0.25) is 5.02 Å². The minimum Gasteiger partial charge on any atom is -0.352 e. The fraction of sp³-hybridized carbons (Fsp3) is 0.355. The first-order chi connectivity index (χ1) is 20.4. The molecule has 43 heavy (non-hydrogen) atoms. The molecule has 0 heterocycles. The molecule has 1 aliphatic rings. The van der Waals surface area contributed by atoms with Gasteiger partial charge in [0, 0.05) is 12.6 Å². The van der Waals surface area contributed by atoms with Crippen molar-refractivity contribution in [3.8, 4) is 0 Å². The first-order valence-corrected chi connectivity index (χ1v) is 15.8. The number of nitrogens with zero attached hydrogens (tertiary/aromatic N) is 2. The number of carbonyl (C=O) groups is 2. The number of hydrogen-bond donors (Lipinski definition) is 1. The molecule has 12 heteroatoms. The van der Waals surface area contributed by atoms with Crippen LogP contribution in [0.1, 0.15) is 50.2 Å². The molecule has 0 aromatic heterocycles. The Bertz CT molecular complexity index is 1520. The Morgan fingerprint density at radius 3 is 2.16 bits per heavy atom. The van der Waals surface area contributed by atoms with Gasteiger partial charge in [-0.1, -0.05) is 79.4 Å². The fourth-order valence-corrected chi connectivity index (χ4v) is 6.76. The molecule has 0 spiro atoms. The average Bonchev–Trinajstić information content (AvgIpc) is 2.99. The lowest BCUT2D eigenvalue weighted by Gasteiger charge is -2.33. The third-order valence-electron chi connectivity index (χ3n) is 7.47. The minimum absolute atomic E-state index is 0.0313. The normalized spacial score (nSPS) is 15.0. The van der Waals surface area contributed by atoms with Crippen molar-refractivity contribution in [2.24, 2.45) is 0 Å². The predicted octanol–water partition coefficient (Wildman–Crippen LogP) is 6.42. The maximum Gasteiger partial charge on any atom is 0.416 e. The van der Waals surface area contributed by atoms with E-state index in [0.717, 1.165) is 44.2 Å². The van der Waals surface area contributed by atoms with Crippen molar-refractivity contribution in [2.75, 3.05) is 10.8 Å². The molecule has 3 aromatic rings. The number of nitrogens with one attached hydrogen (secondary N) is 1. The van der Waals surface area contributed by atoms with Crippen LogP contribution in [0.5, 0.6) is 0 Å². The van der Waals surface area contributed by atoms with Crippen LogP contribution in [-0.2, 0) is 32.3 Å². The quantitative estimate of drug-likeness (QED) is 0.279. The van der Waals surface area contributed by atoms with E-state index in [4.69, 9.17) is 11.6 Å². The number of benzene rings is 3. The van der Waals surface area contributed by atoms with E-state index in [1.54, 1.807) is 43.3 Å². The Morgan fingerprint density at radius 1 is 0.953 bits per heavy atom. The second-order valence-electron chi connectivity index (χ2n) is 10.5. The number of sulfonamides is 1. The molecule has 0 aliphatic heterocycles. The molecule has 230 valence electrons. The lowest BCUT2D eigenvalue weighted by molar-refractivity contribution is -0.139. The molecule has 1 saturated carbocycles. The van der Waals surface area contributed by atoms with Gasteiger partial charge in [-0.15, -0.1) is 0 Å². The number of amides is 2. The van der Waals surface area contributed by atoms with Crippen molar-refractivity contribution >= 4 is 39.1 Å². The Morgan fingerprint density at radius 2 is 1.56 bits per heavy atom. The van der Waals surface area contributed by atoms with Crippen molar-refractivity contribution in [2.45, 2.75) is 68.7 Å². The zero-order chi connectivity index (χ0) is 31.2. The Kier molecular flexibility index (Phi) is 10.4. The summed E-state index contributed by atoms with van der Waals surface area (Å²) >= 11 is 6.29. The molecule has 4 rings (SSSR count). The smallest absolute Gasteiger partial charge is 0.352 e. The van der Waals surface area contributed by atoms with Crippen LogP contribution in [0, 0.1) is 0 Å². The summed E-state index contributed by atoms with van der Waals surface area (Å²) in [6.07, 6.45) is -0.0997. The number of alkyl halides is 3. The van der Waals surface area contributed by atoms with Crippen molar-refractivity contribution in [3.05, 3.63) is 95.0 Å². The molecule has 3 aromatic carbocycles.